The van der Waals surface area contributed by atoms with Crippen LogP contribution in [0, 0.1) is 11.3 Å². The zero-order valence-electron chi connectivity index (χ0n) is 11.3. The van der Waals surface area contributed by atoms with Gasteiger partial charge in [-0.15, -0.1) is 0 Å². The van der Waals surface area contributed by atoms with Crippen molar-refractivity contribution in [3.8, 4) is 11.8 Å². The fourth-order valence-corrected chi connectivity index (χ4v) is 2.70. The first kappa shape index (κ1) is 13.8. The average Bonchev–Trinajstić information content (AvgIpc) is 3.07. The maximum absolute atomic E-state index is 12.3. The Bertz CT molecular complexity index is 685. The molecule has 0 saturated carbocycles. The van der Waals surface area contributed by atoms with Gasteiger partial charge in [-0.05, 0) is 25.0 Å². The first-order valence-electron chi connectivity index (χ1n) is 6.77. The Kier molecular flexibility index (Phi) is 3.76. The smallest absolute Gasteiger partial charge is 0.387 e. The number of halogens is 2. The Labute approximate surface area is 120 Å². The number of hydrogen-bond donors (Lipinski definition) is 0. The second-order valence-electron chi connectivity index (χ2n) is 5.00. The van der Waals surface area contributed by atoms with E-state index in [9.17, 15) is 14.0 Å². The number of aromatic nitrogens is 1. The molecule has 0 radical (unpaired) electrons. The summed E-state index contributed by atoms with van der Waals surface area (Å²) >= 11 is 0. The Morgan fingerprint density at radius 2 is 2.33 bits per heavy atom. The van der Waals surface area contributed by atoms with Crippen LogP contribution < -0.4 is 4.74 Å². The summed E-state index contributed by atoms with van der Waals surface area (Å²) < 4.78 is 36.5. The third-order valence-corrected chi connectivity index (χ3v) is 3.62. The summed E-state index contributed by atoms with van der Waals surface area (Å²) in [7, 11) is 0. The lowest BCUT2D eigenvalue weighted by atomic mass is 10.2. The molecule has 0 spiro atoms. The number of ether oxygens (including phenoxy) is 2. The Morgan fingerprint density at radius 1 is 1.48 bits per heavy atom. The second kappa shape index (κ2) is 5.70. The van der Waals surface area contributed by atoms with Crippen LogP contribution >= 0.6 is 0 Å². The molecule has 1 aliphatic rings. The molecule has 4 nitrogen and oxygen atoms in total. The number of nitriles is 1. The van der Waals surface area contributed by atoms with Crippen LogP contribution in [0.25, 0.3) is 10.9 Å². The first-order chi connectivity index (χ1) is 10.2. The minimum absolute atomic E-state index is 0.0914. The van der Waals surface area contributed by atoms with E-state index in [4.69, 9.17) is 4.74 Å². The van der Waals surface area contributed by atoms with Gasteiger partial charge in [0.2, 0.25) is 0 Å². The van der Waals surface area contributed by atoms with E-state index < -0.39 is 6.61 Å². The first-order valence-corrected chi connectivity index (χ1v) is 6.77. The molecule has 1 aromatic heterocycles. The Morgan fingerprint density at radius 3 is 3.00 bits per heavy atom. The third kappa shape index (κ3) is 2.83. The molecular formula is C15H14F2N2O2. The monoisotopic (exact) mass is 292 g/mol. The van der Waals surface area contributed by atoms with Gasteiger partial charge in [-0.3, -0.25) is 0 Å². The van der Waals surface area contributed by atoms with Crippen molar-refractivity contribution in [2.45, 2.75) is 32.1 Å². The van der Waals surface area contributed by atoms with E-state index in [1.165, 1.54) is 12.1 Å². The zero-order chi connectivity index (χ0) is 14.8. The lowest BCUT2D eigenvalue weighted by Crippen LogP contribution is -2.14. The van der Waals surface area contributed by atoms with Gasteiger partial charge < -0.3 is 14.0 Å². The van der Waals surface area contributed by atoms with Crippen LogP contribution in [0.15, 0.2) is 24.4 Å². The molecule has 0 amide bonds. The number of nitrogens with zero attached hydrogens (tertiary/aromatic N) is 2. The van der Waals surface area contributed by atoms with Gasteiger partial charge in [-0.2, -0.15) is 14.0 Å². The van der Waals surface area contributed by atoms with Crippen LogP contribution in [0.3, 0.4) is 0 Å². The number of alkyl halides is 2. The molecule has 1 atom stereocenters. The van der Waals surface area contributed by atoms with Crippen molar-refractivity contribution in [3.05, 3.63) is 30.0 Å². The Balaban J connectivity index is 1.98. The highest BCUT2D eigenvalue weighted by atomic mass is 19.3. The highest BCUT2D eigenvalue weighted by molar-refractivity contribution is 5.87. The second-order valence-corrected chi connectivity index (χ2v) is 5.00. The molecule has 1 aromatic carbocycles. The zero-order valence-corrected chi connectivity index (χ0v) is 11.3. The molecule has 2 aromatic rings. The Hall–Kier alpha value is -2.13. The summed E-state index contributed by atoms with van der Waals surface area (Å²) in [5, 5.41) is 9.91. The van der Waals surface area contributed by atoms with Gasteiger partial charge in [0.1, 0.15) is 11.8 Å². The molecule has 0 N–H and O–H groups in total. The molecular weight excluding hydrogens is 278 g/mol. The number of rotatable bonds is 4. The van der Waals surface area contributed by atoms with Crippen LogP contribution in [0.1, 0.15) is 18.4 Å². The number of fused-ring (bicyclic) bond motifs is 1. The molecule has 0 bridgehead atoms. The summed E-state index contributed by atoms with van der Waals surface area (Å²) in [6.07, 6.45) is 3.83. The van der Waals surface area contributed by atoms with E-state index in [2.05, 4.69) is 10.8 Å². The highest BCUT2D eigenvalue weighted by Crippen LogP contribution is 2.27. The number of hydrogen-bond acceptors (Lipinski definition) is 3. The van der Waals surface area contributed by atoms with Crippen molar-refractivity contribution >= 4 is 10.9 Å². The van der Waals surface area contributed by atoms with Gasteiger partial charge in [-0.25, -0.2) is 0 Å². The molecule has 3 rings (SSSR count). The lowest BCUT2D eigenvalue weighted by molar-refractivity contribution is -0.0497. The molecule has 1 unspecified atom stereocenters. The quantitative estimate of drug-likeness (QED) is 0.868. The van der Waals surface area contributed by atoms with E-state index >= 15 is 0 Å². The van der Waals surface area contributed by atoms with Gasteiger partial charge >= 0.3 is 6.61 Å². The largest absolute Gasteiger partial charge is 0.435 e. The predicted molar refractivity (Wildman–Crippen MR) is 72.3 cm³/mol. The maximum atomic E-state index is 12.3. The summed E-state index contributed by atoms with van der Waals surface area (Å²) in [5.74, 6) is 0.0914. The summed E-state index contributed by atoms with van der Waals surface area (Å²) in [5.41, 5.74) is 1.23. The summed E-state index contributed by atoms with van der Waals surface area (Å²) in [4.78, 5) is 0. The van der Waals surface area contributed by atoms with Gasteiger partial charge in [0, 0.05) is 30.8 Å². The molecule has 1 aliphatic heterocycles. The fraction of sp³-hybridized carbons (Fsp3) is 0.400. The van der Waals surface area contributed by atoms with Crippen LogP contribution in [0.4, 0.5) is 8.78 Å². The predicted octanol–water partition coefficient (Wildman–Crippen LogP) is 3.29. The van der Waals surface area contributed by atoms with Crippen molar-refractivity contribution in [1.29, 1.82) is 5.26 Å². The van der Waals surface area contributed by atoms with Crippen LogP contribution in [-0.2, 0) is 11.3 Å². The number of benzene rings is 1. The van der Waals surface area contributed by atoms with Gasteiger partial charge in [-0.1, -0.05) is 0 Å². The van der Waals surface area contributed by atoms with Crippen LogP contribution in [0.2, 0.25) is 0 Å². The molecule has 1 fully saturated rings. The van der Waals surface area contributed by atoms with Crippen molar-refractivity contribution < 1.29 is 18.3 Å². The molecule has 1 saturated heterocycles. The van der Waals surface area contributed by atoms with Gasteiger partial charge in [0.15, 0.2) is 0 Å². The normalized spacial score (nSPS) is 18.3. The van der Waals surface area contributed by atoms with E-state index in [0.29, 0.717) is 17.6 Å². The molecule has 0 aliphatic carbocycles. The van der Waals surface area contributed by atoms with Crippen molar-refractivity contribution in [3.63, 3.8) is 0 Å². The fourth-order valence-electron chi connectivity index (χ4n) is 2.70. The minimum Gasteiger partial charge on any atom is -0.435 e. The van der Waals surface area contributed by atoms with Crippen LogP contribution in [0.5, 0.6) is 5.75 Å². The van der Waals surface area contributed by atoms with Crippen molar-refractivity contribution in [1.82, 2.24) is 4.57 Å². The van der Waals surface area contributed by atoms with Crippen molar-refractivity contribution in [2.75, 3.05) is 6.61 Å². The molecule has 110 valence electrons. The van der Waals surface area contributed by atoms with Crippen molar-refractivity contribution in [2.24, 2.45) is 0 Å². The molecule has 2 heterocycles. The molecule has 21 heavy (non-hydrogen) atoms. The van der Waals surface area contributed by atoms with E-state index in [1.807, 2.05) is 4.57 Å². The standard InChI is InChI=1S/C15H14F2N2O2/c16-15(17)21-11-3-4-13-10(7-18)8-19(14(13)6-11)9-12-2-1-5-20-12/h3-4,6,8,12,15H,1-2,5,9H2. The van der Waals surface area contributed by atoms with E-state index in [1.54, 1.807) is 12.3 Å². The third-order valence-electron chi connectivity index (χ3n) is 3.62. The lowest BCUT2D eigenvalue weighted by Gasteiger charge is -2.12. The van der Waals surface area contributed by atoms with E-state index in [0.717, 1.165) is 24.8 Å². The minimum atomic E-state index is -2.86. The SMILES string of the molecule is N#Cc1cn(CC2CCCO2)c2cc(OC(F)F)ccc12. The average molecular weight is 292 g/mol. The highest BCUT2D eigenvalue weighted by Gasteiger charge is 2.18. The van der Waals surface area contributed by atoms with Gasteiger partial charge in [0.25, 0.3) is 0 Å². The summed E-state index contributed by atoms with van der Waals surface area (Å²) in [6.45, 7) is -1.51. The van der Waals surface area contributed by atoms with Gasteiger partial charge in [0.05, 0.1) is 17.2 Å². The van der Waals surface area contributed by atoms with E-state index in [-0.39, 0.29) is 11.9 Å². The maximum Gasteiger partial charge on any atom is 0.387 e. The summed E-state index contributed by atoms with van der Waals surface area (Å²) in [6, 6.07) is 6.75. The molecule has 6 heteroatoms. The van der Waals surface area contributed by atoms with Crippen LogP contribution in [-0.4, -0.2) is 23.9 Å². The topological polar surface area (TPSA) is 47.2 Å².